The van der Waals surface area contributed by atoms with Crippen molar-refractivity contribution < 1.29 is 9.90 Å². The molecule has 2 aromatic rings. The number of hydrogen-bond donors (Lipinski definition) is 2. The minimum absolute atomic E-state index is 0.00562. The van der Waals surface area contributed by atoms with E-state index < -0.39 is 0 Å². The summed E-state index contributed by atoms with van der Waals surface area (Å²) in [7, 11) is 2.13. The third kappa shape index (κ3) is 3.29. The zero-order valence-corrected chi connectivity index (χ0v) is 17.7. The van der Waals surface area contributed by atoms with E-state index in [2.05, 4.69) is 30.3 Å². The predicted octanol–water partition coefficient (Wildman–Crippen LogP) is 3.70. The Bertz CT molecular complexity index is 997. The summed E-state index contributed by atoms with van der Waals surface area (Å²) in [5.41, 5.74) is 3.41. The topological polar surface area (TPSA) is 79.6 Å². The van der Waals surface area contributed by atoms with Gasteiger partial charge in [-0.05, 0) is 80.9 Å². The SMILES string of the molecule is CCN(C(=O)Nc1ccc(C#N)cc1)[C@H]1[C@H]2Cc3ccc(O)cc3[C@]1(C)CCN2C. The lowest BCUT2D eigenvalue weighted by molar-refractivity contribution is 0.0136. The molecule has 2 bridgehead atoms. The molecule has 30 heavy (non-hydrogen) atoms. The van der Waals surface area contributed by atoms with Gasteiger partial charge in [-0.3, -0.25) is 0 Å². The van der Waals surface area contributed by atoms with Crippen molar-refractivity contribution in [2.75, 3.05) is 25.5 Å². The number of urea groups is 1. The Morgan fingerprint density at radius 3 is 2.73 bits per heavy atom. The molecule has 0 saturated carbocycles. The Hall–Kier alpha value is -3.04. The van der Waals surface area contributed by atoms with Gasteiger partial charge in [-0.25, -0.2) is 4.79 Å². The summed E-state index contributed by atoms with van der Waals surface area (Å²) < 4.78 is 0. The minimum Gasteiger partial charge on any atom is -0.508 e. The molecule has 2 aliphatic rings. The number of likely N-dealkylation sites (tertiary alicyclic amines) is 1. The molecule has 3 atom stereocenters. The molecule has 2 aromatic carbocycles. The van der Waals surface area contributed by atoms with Gasteiger partial charge >= 0.3 is 6.03 Å². The van der Waals surface area contributed by atoms with Crippen molar-refractivity contribution in [3.05, 3.63) is 59.2 Å². The van der Waals surface area contributed by atoms with Crippen molar-refractivity contribution in [2.24, 2.45) is 0 Å². The molecular formula is C24H28N4O2. The second kappa shape index (κ2) is 7.66. The number of carbonyl (C=O) groups is 1. The number of piperidine rings is 1. The Morgan fingerprint density at radius 1 is 1.33 bits per heavy atom. The summed E-state index contributed by atoms with van der Waals surface area (Å²) in [5, 5.41) is 22.1. The molecule has 156 valence electrons. The number of nitrogens with zero attached hydrogens (tertiary/aromatic N) is 3. The smallest absolute Gasteiger partial charge is 0.322 e. The van der Waals surface area contributed by atoms with E-state index in [0.29, 0.717) is 17.8 Å². The van der Waals surface area contributed by atoms with Crippen LogP contribution in [0.1, 0.15) is 37.0 Å². The first kappa shape index (κ1) is 20.2. The molecule has 4 rings (SSSR count). The number of nitrogens with one attached hydrogen (secondary N) is 1. The maximum absolute atomic E-state index is 13.3. The van der Waals surface area contributed by atoms with Gasteiger partial charge in [0.25, 0.3) is 0 Å². The fourth-order valence-electron chi connectivity index (χ4n) is 5.29. The second-order valence-corrected chi connectivity index (χ2v) is 8.61. The highest BCUT2D eigenvalue weighted by Crippen LogP contribution is 2.47. The Morgan fingerprint density at radius 2 is 2.07 bits per heavy atom. The van der Waals surface area contributed by atoms with Gasteiger partial charge in [0.05, 0.1) is 17.7 Å². The molecule has 0 spiro atoms. The number of phenols is 1. The number of benzene rings is 2. The van der Waals surface area contributed by atoms with Gasteiger partial charge in [0.15, 0.2) is 0 Å². The molecule has 2 amide bonds. The summed E-state index contributed by atoms with van der Waals surface area (Å²) in [6, 6.07) is 14.8. The third-order valence-corrected chi connectivity index (χ3v) is 6.91. The van der Waals surface area contributed by atoms with Crippen LogP contribution < -0.4 is 5.32 Å². The number of amides is 2. The van der Waals surface area contributed by atoms with Gasteiger partial charge < -0.3 is 20.2 Å². The quantitative estimate of drug-likeness (QED) is 0.817. The first-order valence-corrected chi connectivity index (χ1v) is 10.5. The number of rotatable bonds is 3. The highest BCUT2D eigenvalue weighted by atomic mass is 16.3. The summed E-state index contributed by atoms with van der Waals surface area (Å²) in [5.74, 6) is 0.274. The van der Waals surface area contributed by atoms with Crippen LogP contribution in [0.5, 0.6) is 5.75 Å². The van der Waals surface area contributed by atoms with E-state index >= 15 is 0 Å². The van der Waals surface area contributed by atoms with Crippen LogP contribution in [0.25, 0.3) is 0 Å². The van der Waals surface area contributed by atoms with Crippen molar-refractivity contribution in [3.8, 4) is 11.8 Å². The highest BCUT2D eigenvalue weighted by molar-refractivity contribution is 5.90. The number of nitriles is 1. The molecule has 0 unspecified atom stereocenters. The molecule has 1 aliphatic carbocycles. The van der Waals surface area contributed by atoms with Gasteiger partial charge in [-0.15, -0.1) is 0 Å². The minimum atomic E-state index is -0.235. The summed E-state index contributed by atoms with van der Waals surface area (Å²) in [6.45, 7) is 5.78. The average molecular weight is 405 g/mol. The van der Waals surface area contributed by atoms with E-state index in [1.54, 1.807) is 30.3 Å². The van der Waals surface area contributed by atoms with Crippen molar-refractivity contribution in [1.29, 1.82) is 5.26 Å². The fourth-order valence-corrected chi connectivity index (χ4v) is 5.29. The van der Waals surface area contributed by atoms with E-state index in [1.807, 2.05) is 24.0 Å². The van der Waals surface area contributed by atoms with E-state index in [0.717, 1.165) is 24.9 Å². The molecule has 0 radical (unpaired) electrons. The molecule has 1 aliphatic heterocycles. The number of likely N-dealkylation sites (N-methyl/N-ethyl adjacent to an activating group) is 2. The van der Waals surface area contributed by atoms with Gasteiger partial charge in [0.2, 0.25) is 0 Å². The second-order valence-electron chi connectivity index (χ2n) is 8.61. The van der Waals surface area contributed by atoms with Crippen LogP contribution in [0.15, 0.2) is 42.5 Å². The van der Waals surface area contributed by atoms with Crippen molar-refractivity contribution in [3.63, 3.8) is 0 Å². The van der Waals surface area contributed by atoms with Crippen LogP contribution in [0.3, 0.4) is 0 Å². The maximum Gasteiger partial charge on any atom is 0.322 e. The summed E-state index contributed by atoms with van der Waals surface area (Å²) in [4.78, 5) is 17.6. The number of aromatic hydroxyl groups is 1. The Labute approximate surface area is 177 Å². The zero-order valence-electron chi connectivity index (χ0n) is 17.7. The molecule has 1 fully saturated rings. The van der Waals surface area contributed by atoms with Crippen LogP contribution in [-0.4, -0.2) is 53.2 Å². The van der Waals surface area contributed by atoms with Crippen molar-refractivity contribution in [1.82, 2.24) is 9.80 Å². The number of fused-ring (bicyclic) bond motifs is 4. The number of carbonyl (C=O) groups excluding carboxylic acids is 1. The molecule has 1 heterocycles. The standard InChI is InChI=1S/C24H28N4O2/c1-4-28(23(30)26-18-8-5-16(15-25)6-9-18)22-21-13-17-7-10-19(29)14-20(17)24(22,2)11-12-27(21)3/h5-10,14,21-22,29H,4,11-13H2,1-3H3,(H,26,30)/t21-,22+,24+/m1/s1. The van der Waals surface area contributed by atoms with Gasteiger partial charge in [-0.2, -0.15) is 5.26 Å². The van der Waals surface area contributed by atoms with Crippen LogP contribution in [-0.2, 0) is 11.8 Å². The van der Waals surface area contributed by atoms with Crippen LogP contribution in [0, 0.1) is 11.3 Å². The molecule has 0 aromatic heterocycles. The average Bonchev–Trinajstić information content (AvgIpc) is 2.74. The molecule has 6 heteroatoms. The first-order valence-electron chi connectivity index (χ1n) is 10.5. The van der Waals surface area contributed by atoms with Gasteiger partial charge in [-0.1, -0.05) is 13.0 Å². The lowest BCUT2D eigenvalue weighted by atomic mass is 9.61. The van der Waals surface area contributed by atoms with Gasteiger partial charge in [0.1, 0.15) is 5.75 Å². The van der Waals surface area contributed by atoms with E-state index in [9.17, 15) is 9.90 Å². The van der Waals surface area contributed by atoms with E-state index in [4.69, 9.17) is 5.26 Å². The van der Waals surface area contributed by atoms with E-state index in [1.165, 1.54) is 5.56 Å². The molecule has 1 saturated heterocycles. The zero-order chi connectivity index (χ0) is 21.5. The summed E-state index contributed by atoms with van der Waals surface area (Å²) >= 11 is 0. The predicted molar refractivity (Wildman–Crippen MR) is 117 cm³/mol. The Balaban J connectivity index is 1.68. The van der Waals surface area contributed by atoms with Crippen molar-refractivity contribution >= 4 is 11.7 Å². The number of hydrogen-bond acceptors (Lipinski definition) is 4. The Kier molecular flexibility index (Phi) is 5.17. The van der Waals surface area contributed by atoms with Gasteiger partial charge in [0, 0.05) is 23.7 Å². The monoisotopic (exact) mass is 404 g/mol. The largest absolute Gasteiger partial charge is 0.508 e. The first-order chi connectivity index (χ1) is 14.4. The van der Waals surface area contributed by atoms with E-state index in [-0.39, 0.29) is 29.3 Å². The normalized spacial score (nSPS) is 25.1. The van der Waals surface area contributed by atoms with Crippen LogP contribution in [0.2, 0.25) is 0 Å². The summed E-state index contributed by atoms with van der Waals surface area (Å²) in [6.07, 6.45) is 1.77. The molecular weight excluding hydrogens is 376 g/mol. The molecule has 6 nitrogen and oxygen atoms in total. The third-order valence-electron chi connectivity index (χ3n) is 6.91. The number of anilines is 1. The fraction of sp³-hybridized carbons (Fsp3) is 0.417. The lowest BCUT2D eigenvalue weighted by Crippen LogP contribution is -2.68. The maximum atomic E-state index is 13.3. The molecule has 2 N–H and O–H groups in total. The number of phenolic OH excluding ortho intramolecular Hbond substituents is 1. The lowest BCUT2D eigenvalue weighted by Gasteiger charge is -2.57. The van der Waals surface area contributed by atoms with Crippen LogP contribution >= 0.6 is 0 Å². The van der Waals surface area contributed by atoms with Crippen molar-refractivity contribution in [2.45, 2.75) is 44.2 Å². The van der Waals surface area contributed by atoms with Crippen LogP contribution in [0.4, 0.5) is 10.5 Å². The highest BCUT2D eigenvalue weighted by Gasteiger charge is 2.53.